The Labute approximate surface area is 93.6 Å². The summed E-state index contributed by atoms with van der Waals surface area (Å²) in [6.45, 7) is 4.14. The van der Waals surface area contributed by atoms with E-state index in [0.29, 0.717) is 17.3 Å². The van der Waals surface area contributed by atoms with Gasteiger partial charge in [0.15, 0.2) is 0 Å². The number of nitrogens with zero attached hydrogens (tertiary/aromatic N) is 1. The number of aromatic carboxylic acids is 1. The van der Waals surface area contributed by atoms with Crippen molar-refractivity contribution in [2.75, 3.05) is 18.5 Å². The van der Waals surface area contributed by atoms with E-state index in [1.807, 2.05) is 0 Å². The fourth-order valence-electron chi connectivity index (χ4n) is 1.36. The molecule has 0 radical (unpaired) electrons. The van der Waals surface area contributed by atoms with Gasteiger partial charge in [0.1, 0.15) is 0 Å². The van der Waals surface area contributed by atoms with E-state index in [9.17, 15) is 4.79 Å². The van der Waals surface area contributed by atoms with Gasteiger partial charge in [-0.3, -0.25) is 0 Å². The summed E-state index contributed by atoms with van der Waals surface area (Å²) in [5, 5.41) is 9.43. The van der Waals surface area contributed by atoms with E-state index in [1.165, 1.54) is 6.07 Å². The standard InChI is InChI=1S/C11H12ClNO2/c1-3-7-13(2)10-8(11(14)15)5-4-6-9(10)12/h3-6H,1,7H2,2H3,(H,14,15). The molecule has 0 aromatic heterocycles. The molecule has 1 aromatic rings. The Bertz CT molecular complexity index is 390. The molecule has 4 heteroatoms. The highest BCUT2D eigenvalue weighted by atomic mass is 35.5. The van der Waals surface area contributed by atoms with Gasteiger partial charge < -0.3 is 10.0 Å². The van der Waals surface area contributed by atoms with Gasteiger partial charge in [0.05, 0.1) is 16.3 Å². The molecule has 0 aliphatic rings. The van der Waals surface area contributed by atoms with Crippen molar-refractivity contribution in [3.63, 3.8) is 0 Å². The Kier molecular flexibility index (Phi) is 3.74. The molecule has 0 heterocycles. The van der Waals surface area contributed by atoms with E-state index in [4.69, 9.17) is 16.7 Å². The lowest BCUT2D eigenvalue weighted by Crippen LogP contribution is -2.20. The van der Waals surface area contributed by atoms with E-state index in [2.05, 4.69) is 6.58 Å². The predicted octanol–water partition coefficient (Wildman–Crippen LogP) is 2.66. The second-order valence-corrected chi connectivity index (χ2v) is 3.52. The van der Waals surface area contributed by atoms with Crippen molar-refractivity contribution in [1.29, 1.82) is 0 Å². The quantitative estimate of drug-likeness (QED) is 0.801. The maximum atomic E-state index is 11.0. The minimum Gasteiger partial charge on any atom is -0.478 e. The van der Waals surface area contributed by atoms with Gasteiger partial charge in [0.2, 0.25) is 0 Å². The minimum absolute atomic E-state index is 0.201. The van der Waals surface area contributed by atoms with E-state index in [-0.39, 0.29) is 5.56 Å². The van der Waals surface area contributed by atoms with Crippen LogP contribution >= 0.6 is 11.6 Å². The van der Waals surface area contributed by atoms with Crippen molar-refractivity contribution in [2.24, 2.45) is 0 Å². The SMILES string of the molecule is C=CCN(C)c1c(Cl)cccc1C(=O)O. The molecule has 0 spiro atoms. The first kappa shape index (κ1) is 11.6. The maximum absolute atomic E-state index is 11.0. The van der Waals surface area contributed by atoms with Crippen molar-refractivity contribution < 1.29 is 9.90 Å². The Hall–Kier alpha value is -1.48. The molecule has 80 valence electrons. The first-order valence-electron chi connectivity index (χ1n) is 4.41. The van der Waals surface area contributed by atoms with Gasteiger partial charge >= 0.3 is 5.97 Å². The van der Waals surface area contributed by atoms with Crippen LogP contribution in [0.15, 0.2) is 30.9 Å². The molecule has 1 aromatic carbocycles. The van der Waals surface area contributed by atoms with Crippen molar-refractivity contribution in [3.05, 3.63) is 41.4 Å². The lowest BCUT2D eigenvalue weighted by atomic mass is 10.1. The average Bonchev–Trinajstić information content (AvgIpc) is 2.17. The van der Waals surface area contributed by atoms with E-state index in [1.54, 1.807) is 30.2 Å². The second-order valence-electron chi connectivity index (χ2n) is 3.11. The first-order valence-corrected chi connectivity index (χ1v) is 4.79. The topological polar surface area (TPSA) is 40.5 Å². The van der Waals surface area contributed by atoms with Gasteiger partial charge in [-0.2, -0.15) is 0 Å². The lowest BCUT2D eigenvalue weighted by Gasteiger charge is -2.20. The highest BCUT2D eigenvalue weighted by Gasteiger charge is 2.15. The monoisotopic (exact) mass is 225 g/mol. The smallest absolute Gasteiger partial charge is 0.337 e. The second kappa shape index (κ2) is 4.84. The third kappa shape index (κ3) is 2.50. The number of carbonyl (C=O) groups is 1. The number of halogens is 1. The van der Waals surface area contributed by atoms with E-state index in [0.717, 1.165) is 0 Å². The summed E-state index contributed by atoms with van der Waals surface area (Å²) in [7, 11) is 1.77. The van der Waals surface area contributed by atoms with Crippen LogP contribution in [0.5, 0.6) is 0 Å². The molecule has 15 heavy (non-hydrogen) atoms. The summed E-state index contributed by atoms with van der Waals surface area (Å²) in [5.74, 6) is -0.983. The number of hydrogen-bond donors (Lipinski definition) is 1. The summed E-state index contributed by atoms with van der Waals surface area (Å²) < 4.78 is 0. The molecule has 0 fully saturated rings. The molecule has 0 unspecified atom stereocenters. The Morgan fingerprint density at radius 2 is 2.33 bits per heavy atom. The maximum Gasteiger partial charge on any atom is 0.337 e. The van der Waals surface area contributed by atoms with Crippen LogP contribution in [-0.2, 0) is 0 Å². The highest BCUT2D eigenvalue weighted by Crippen LogP contribution is 2.28. The predicted molar refractivity (Wildman–Crippen MR) is 61.9 cm³/mol. The third-order valence-electron chi connectivity index (χ3n) is 2.00. The average molecular weight is 226 g/mol. The summed E-state index contributed by atoms with van der Waals surface area (Å²) >= 11 is 5.96. The van der Waals surface area contributed by atoms with Crippen LogP contribution in [0.1, 0.15) is 10.4 Å². The van der Waals surface area contributed by atoms with Crippen LogP contribution in [0.4, 0.5) is 5.69 Å². The van der Waals surface area contributed by atoms with Crippen LogP contribution in [0.25, 0.3) is 0 Å². The summed E-state index contributed by atoms with van der Waals surface area (Å²) in [6.07, 6.45) is 1.69. The Morgan fingerprint density at radius 1 is 1.67 bits per heavy atom. The van der Waals surface area contributed by atoms with Crippen LogP contribution in [0, 0.1) is 0 Å². The van der Waals surface area contributed by atoms with Crippen LogP contribution in [-0.4, -0.2) is 24.7 Å². The van der Waals surface area contributed by atoms with E-state index < -0.39 is 5.97 Å². The first-order chi connectivity index (χ1) is 7.07. The van der Waals surface area contributed by atoms with Gasteiger partial charge in [-0.25, -0.2) is 4.79 Å². The van der Waals surface area contributed by atoms with Gasteiger partial charge in [-0.15, -0.1) is 6.58 Å². The number of anilines is 1. The zero-order chi connectivity index (χ0) is 11.4. The minimum atomic E-state index is -0.983. The molecule has 0 aliphatic carbocycles. The zero-order valence-electron chi connectivity index (χ0n) is 8.40. The number of carboxylic acids is 1. The lowest BCUT2D eigenvalue weighted by molar-refractivity contribution is 0.0697. The number of benzene rings is 1. The van der Waals surface area contributed by atoms with Crippen molar-refractivity contribution in [1.82, 2.24) is 0 Å². The highest BCUT2D eigenvalue weighted by molar-refractivity contribution is 6.34. The molecule has 0 bridgehead atoms. The summed E-state index contributed by atoms with van der Waals surface area (Å²) in [4.78, 5) is 12.7. The van der Waals surface area contributed by atoms with Gasteiger partial charge in [-0.1, -0.05) is 23.7 Å². The fourth-order valence-corrected chi connectivity index (χ4v) is 1.68. The normalized spacial score (nSPS) is 9.73. The number of rotatable bonds is 4. The Morgan fingerprint density at radius 3 is 2.87 bits per heavy atom. The molecule has 1 N–H and O–H groups in total. The van der Waals surface area contributed by atoms with Gasteiger partial charge in [-0.05, 0) is 12.1 Å². The summed E-state index contributed by atoms with van der Waals surface area (Å²) in [6, 6.07) is 4.82. The zero-order valence-corrected chi connectivity index (χ0v) is 9.16. The molecule has 0 amide bonds. The molecule has 0 saturated heterocycles. The fraction of sp³-hybridized carbons (Fsp3) is 0.182. The molecule has 0 aliphatic heterocycles. The van der Waals surface area contributed by atoms with Crippen LogP contribution < -0.4 is 4.90 Å². The van der Waals surface area contributed by atoms with Crippen molar-refractivity contribution in [3.8, 4) is 0 Å². The molecule has 3 nitrogen and oxygen atoms in total. The number of para-hydroxylation sites is 1. The third-order valence-corrected chi connectivity index (χ3v) is 2.31. The van der Waals surface area contributed by atoms with Crippen molar-refractivity contribution in [2.45, 2.75) is 0 Å². The van der Waals surface area contributed by atoms with Crippen LogP contribution in [0.2, 0.25) is 5.02 Å². The van der Waals surface area contributed by atoms with Gasteiger partial charge in [0, 0.05) is 13.6 Å². The Balaban J connectivity index is 3.23. The molecule has 0 saturated carbocycles. The largest absolute Gasteiger partial charge is 0.478 e. The number of hydrogen-bond acceptors (Lipinski definition) is 2. The van der Waals surface area contributed by atoms with Crippen molar-refractivity contribution >= 4 is 23.3 Å². The molecule has 1 rings (SSSR count). The molecular formula is C11H12ClNO2. The summed E-state index contributed by atoms with van der Waals surface area (Å²) in [5.41, 5.74) is 0.721. The van der Waals surface area contributed by atoms with Crippen LogP contribution in [0.3, 0.4) is 0 Å². The molecular weight excluding hydrogens is 214 g/mol. The van der Waals surface area contributed by atoms with Gasteiger partial charge in [0.25, 0.3) is 0 Å². The molecule has 0 atom stereocenters. The number of carboxylic acid groups (broad SMARTS) is 1. The van der Waals surface area contributed by atoms with E-state index >= 15 is 0 Å². The number of likely N-dealkylation sites (N-methyl/N-ethyl adjacent to an activating group) is 1.